The lowest BCUT2D eigenvalue weighted by Gasteiger charge is -2.27. The minimum Gasteiger partial charge on any atom is -0.494 e. The lowest BCUT2D eigenvalue weighted by Crippen LogP contribution is -2.49. The lowest BCUT2D eigenvalue weighted by atomic mass is 9.94. The number of ketones is 2. The number of hydrogen-bond donors (Lipinski definition) is 1. The summed E-state index contributed by atoms with van der Waals surface area (Å²) < 4.78 is 18.8. The molecule has 0 fully saturated rings. The van der Waals surface area contributed by atoms with E-state index in [2.05, 4.69) is 0 Å². The third-order valence-electron chi connectivity index (χ3n) is 2.61. The van der Waals surface area contributed by atoms with Crippen molar-refractivity contribution < 1.29 is 28.7 Å². The Kier molecular flexibility index (Phi) is 4.10. The second kappa shape index (κ2) is 5.23. The molecule has 1 aliphatic rings. The fourth-order valence-corrected chi connectivity index (χ4v) is 1.79. The first-order valence-corrected chi connectivity index (χ1v) is 4.92. The first-order valence-electron chi connectivity index (χ1n) is 4.92. The van der Waals surface area contributed by atoms with Gasteiger partial charge in [0.1, 0.15) is 11.4 Å². The maximum atomic E-state index is 14.0. The molecule has 8 heteroatoms. The zero-order valence-corrected chi connectivity index (χ0v) is 10.4. The average molecular weight is 290 g/mol. The number of carbonyl (C=O) groups excluding carboxylic acids is 2. The molecule has 0 aliphatic carbocycles. The van der Waals surface area contributed by atoms with Crippen LogP contribution < -0.4 is 9.86 Å². The number of nitrogens with zero attached hydrogens (tertiary/aromatic N) is 1. The number of carboxylic acids is 1. The summed E-state index contributed by atoms with van der Waals surface area (Å²) in [4.78, 5) is 34.0. The van der Waals surface area contributed by atoms with E-state index in [4.69, 9.17) is 9.84 Å². The number of benzene rings is 1. The number of Topliss-reactive ketones (excluding diaryl/α,β-unsaturated/α-hetero) is 2. The van der Waals surface area contributed by atoms with Crippen molar-refractivity contribution >= 4 is 35.6 Å². The number of aliphatic carboxylic acids is 1. The van der Waals surface area contributed by atoms with E-state index in [1.165, 1.54) is 25.3 Å². The number of para-hydroxylation sites is 1. The molecule has 1 heterocycles. The second-order valence-electron chi connectivity index (χ2n) is 3.60. The number of anilines is 1. The molecule has 1 N–H and O–H groups in total. The Hall–Kier alpha value is -2.15. The third-order valence-corrected chi connectivity index (χ3v) is 2.61. The van der Waals surface area contributed by atoms with Gasteiger partial charge in [-0.1, -0.05) is 10.5 Å². The molecule has 0 saturated carbocycles. The van der Waals surface area contributed by atoms with Crippen LogP contribution in [0.25, 0.3) is 0 Å². The molecule has 6 nitrogen and oxygen atoms in total. The number of carbonyl (C=O) groups is 3. The highest BCUT2D eigenvalue weighted by atomic mass is 35.5. The molecule has 1 aromatic carbocycles. The van der Waals surface area contributed by atoms with Crippen LogP contribution in [0.15, 0.2) is 18.2 Å². The van der Waals surface area contributed by atoms with Crippen LogP contribution in [-0.4, -0.2) is 35.8 Å². The molecule has 19 heavy (non-hydrogen) atoms. The Balaban J connectivity index is 0.00000180. The van der Waals surface area contributed by atoms with E-state index in [-0.39, 0.29) is 34.5 Å². The predicted molar refractivity (Wildman–Crippen MR) is 64.6 cm³/mol. The highest BCUT2D eigenvalue weighted by molar-refractivity contribution is 6.51. The summed E-state index contributed by atoms with van der Waals surface area (Å²) in [6.45, 7) is 0. The molecule has 0 radical (unpaired) electrons. The second-order valence-corrected chi connectivity index (χ2v) is 3.60. The first kappa shape index (κ1) is 14.9. The van der Waals surface area contributed by atoms with Crippen molar-refractivity contribution in [1.29, 1.82) is 0 Å². The number of ether oxygens (including phenoxy) is 1. The zero-order chi connectivity index (χ0) is 13.4. The molecule has 0 spiro atoms. The van der Waals surface area contributed by atoms with E-state index in [0.717, 1.165) is 0 Å². The van der Waals surface area contributed by atoms with Crippen LogP contribution in [0.5, 0.6) is 5.75 Å². The summed E-state index contributed by atoms with van der Waals surface area (Å²) in [6.07, 6.45) is 0. The van der Waals surface area contributed by atoms with E-state index >= 15 is 0 Å². The molecule has 1 atom stereocenters. The number of carboxylic acid groups (broad SMARTS) is 1. The number of fused-ring (bicyclic) bond motifs is 1. The van der Waals surface area contributed by atoms with Crippen molar-refractivity contribution in [2.75, 3.05) is 12.2 Å². The molecular weight excluding hydrogens is 281 g/mol. The molecule has 1 unspecified atom stereocenters. The van der Waals surface area contributed by atoms with Gasteiger partial charge >= 0.3 is 5.97 Å². The zero-order valence-electron chi connectivity index (χ0n) is 9.62. The fraction of sp³-hybridized carbons (Fsp3) is 0.182. The smallest absolute Gasteiger partial charge is 0.337 e. The van der Waals surface area contributed by atoms with E-state index < -0.39 is 23.6 Å². The van der Waals surface area contributed by atoms with Gasteiger partial charge in [-0.3, -0.25) is 9.59 Å². The highest BCUT2D eigenvalue weighted by Gasteiger charge is 2.45. The van der Waals surface area contributed by atoms with Gasteiger partial charge < -0.3 is 9.84 Å². The molecule has 0 saturated heterocycles. The van der Waals surface area contributed by atoms with Crippen LogP contribution in [0.3, 0.4) is 0 Å². The number of hydrogen-bond acceptors (Lipinski definition) is 5. The van der Waals surface area contributed by atoms with Gasteiger partial charge in [0.25, 0.3) is 0 Å². The predicted octanol–water partition coefficient (Wildman–Crippen LogP) is 1.03. The molecule has 1 aromatic rings. The molecule has 0 amide bonds. The summed E-state index contributed by atoms with van der Waals surface area (Å²) in [7, 11) is 1.25. The van der Waals surface area contributed by atoms with Gasteiger partial charge in [-0.15, -0.1) is 12.4 Å². The quantitative estimate of drug-likeness (QED) is 0.497. The Morgan fingerprint density at radius 1 is 1.42 bits per heavy atom. The Labute approximate surface area is 113 Å². The van der Waals surface area contributed by atoms with Crippen LogP contribution >= 0.6 is 12.4 Å². The number of rotatable bonds is 2. The van der Waals surface area contributed by atoms with Gasteiger partial charge in [0.2, 0.25) is 17.6 Å². The minimum absolute atomic E-state index is 0. The van der Waals surface area contributed by atoms with Gasteiger partial charge in [-0.2, -0.15) is 5.12 Å². The van der Waals surface area contributed by atoms with Crippen LogP contribution in [0.1, 0.15) is 10.4 Å². The van der Waals surface area contributed by atoms with Crippen molar-refractivity contribution in [2.45, 2.75) is 6.04 Å². The standard InChI is InChI=1S/C11H8FNO5.ClH/c1-18-6-4-2-3-5-7(6)13(12)8(11(16)17)10(15)9(5)14;/h2-4,8H,1H3,(H,16,17);1H. The van der Waals surface area contributed by atoms with E-state index in [0.29, 0.717) is 0 Å². The van der Waals surface area contributed by atoms with Gasteiger partial charge in [0.05, 0.1) is 12.7 Å². The Bertz CT molecular complexity index is 562. The summed E-state index contributed by atoms with van der Waals surface area (Å²) >= 11 is 0. The third kappa shape index (κ3) is 2.12. The van der Waals surface area contributed by atoms with Crippen LogP contribution in [0.2, 0.25) is 0 Å². The largest absolute Gasteiger partial charge is 0.494 e. The van der Waals surface area contributed by atoms with Gasteiger partial charge in [0.15, 0.2) is 0 Å². The molecule has 102 valence electrons. The molecule has 1 aliphatic heterocycles. The first-order chi connectivity index (χ1) is 8.49. The summed E-state index contributed by atoms with van der Waals surface area (Å²) in [6, 6.07) is 1.86. The topological polar surface area (TPSA) is 83.9 Å². The van der Waals surface area contributed by atoms with Crippen LogP contribution in [0, 0.1) is 0 Å². The van der Waals surface area contributed by atoms with Crippen LogP contribution in [0.4, 0.5) is 10.2 Å². The maximum Gasteiger partial charge on any atom is 0.337 e. The monoisotopic (exact) mass is 289 g/mol. The van der Waals surface area contributed by atoms with Gasteiger partial charge in [-0.25, -0.2) is 4.79 Å². The molecule has 0 aromatic heterocycles. The van der Waals surface area contributed by atoms with E-state index in [1.807, 2.05) is 0 Å². The molecule has 2 rings (SSSR count). The maximum absolute atomic E-state index is 14.0. The Morgan fingerprint density at radius 3 is 2.58 bits per heavy atom. The average Bonchev–Trinajstić information content (AvgIpc) is 2.34. The molecular formula is C11H9ClFNO5. The number of halogens is 2. The SMILES string of the molecule is COc1cccc2c1N(F)C(C(=O)O)C(=O)C2=O.Cl. The van der Waals surface area contributed by atoms with Crippen LogP contribution in [-0.2, 0) is 9.59 Å². The number of methoxy groups -OCH3 is 1. The van der Waals surface area contributed by atoms with E-state index in [9.17, 15) is 18.9 Å². The Morgan fingerprint density at radius 2 is 2.05 bits per heavy atom. The molecule has 0 bridgehead atoms. The summed E-state index contributed by atoms with van der Waals surface area (Å²) in [5.74, 6) is -4.09. The highest BCUT2D eigenvalue weighted by Crippen LogP contribution is 2.37. The minimum atomic E-state index is -2.17. The van der Waals surface area contributed by atoms with Crippen molar-refractivity contribution in [3.63, 3.8) is 0 Å². The van der Waals surface area contributed by atoms with E-state index in [1.54, 1.807) is 0 Å². The summed E-state index contributed by atoms with van der Waals surface area (Å²) in [5.41, 5.74) is -0.545. The summed E-state index contributed by atoms with van der Waals surface area (Å²) in [5, 5.41) is 8.54. The normalized spacial score (nSPS) is 17.6. The van der Waals surface area contributed by atoms with Gasteiger partial charge in [0, 0.05) is 0 Å². The van der Waals surface area contributed by atoms with Crippen molar-refractivity contribution in [1.82, 2.24) is 0 Å². The van der Waals surface area contributed by atoms with Crippen molar-refractivity contribution in [3.05, 3.63) is 23.8 Å². The fourth-order valence-electron chi connectivity index (χ4n) is 1.79. The van der Waals surface area contributed by atoms with Crippen molar-refractivity contribution in [3.8, 4) is 5.75 Å². The lowest BCUT2D eigenvalue weighted by molar-refractivity contribution is -0.142. The van der Waals surface area contributed by atoms with Gasteiger partial charge in [-0.05, 0) is 12.1 Å². The van der Waals surface area contributed by atoms with Crippen molar-refractivity contribution in [2.24, 2.45) is 0 Å².